The number of aromatic nitrogens is 3. The molecule has 4 nitrogen and oxygen atoms in total. The lowest BCUT2D eigenvalue weighted by Crippen LogP contribution is -2.29. The van der Waals surface area contributed by atoms with E-state index in [1.54, 1.807) is 0 Å². The van der Waals surface area contributed by atoms with Crippen LogP contribution >= 0.6 is 0 Å². The average molecular weight is 244 g/mol. The van der Waals surface area contributed by atoms with E-state index in [0.717, 1.165) is 23.7 Å². The molecule has 3 rings (SSSR count). The monoisotopic (exact) mass is 244 g/mol. The highest BCUT2D eigenvalue weighted by Gasteiger charge is 2.13. The molecule has 0 unspecified atom stereocenters. The van der Waals surface area contributed by atoms with Gasteiger partial charge in [-0.3, -0.25) is 9.30 Å². The van der Waals surface area contributed by atoms with E-state index in [1.807, 2.05) is 6.92 Å². The lowest BCUT2D eigenvalue weighted by Gasteiger charge is -2.25. The van der Waals surface area contributed by atoms with Crippen LogP contribution in [-0.4, -0.2) is 32.4 Å². The van der Waals surface area contributed by atoms with Crippen molar-refractivity contribution in [3.8, 4) is 0 Å². The summed E-state index contributed by atoms with van der Waals surface area (Å²) in [6.45, 7) is 7.50. The van der Waals surface area contributed by atoms with Crippen molar-refractivity contribution in [1.29, 1.82) is 0 Å². The molecule has 0 aromatic carbocycles. The molecule has 1 aliphatic rings. The van der Waals surface area contributed by atoms with Crippen molar-refractivity contribution in [1.82, 2.24) is 19.3 Å². The van der Waals surface area contributed by atoms with Crippen LogP contribution < -0.4 is 0 Å². The Kier molecular flexibility index (Phi) is 3.04. The zero-order valence-electron chi connectivity index (χ0n) is 11.2. The SMILES string of the molecule is Cc1cc(C)n2cc(CN3CCCCC3)nc2n1. The minimum atomic E-state index is 0.833. The van der Waals surface area contributed by atoms with E-state index in [-0.39, 0.29) is 0 Å². The summed E-state index contributed by atoms with van der Waals surface area (Å²) in [5.74, 6) is 0.833. The van der Waals surface area contributed by atoms with Gasteiger partial charge in [0, 0.05) is 24.1 Å². The van der Waals surface area contributed by atoms with Crippen LogP contribution in [0, 0.1) is 13.8 Å². The van der Waals surface area contributed by atoms with Gasteiger partial charge in [0.1, 0.15) is 0 Å². The van der Waals surface area contributed by atoms with E-state index in [0.29, 0.717) is 0 Å². The number of hydrogen-bond acceptors (Lipinski definition) is 3. The third kappa shape index (κ3) is 2.25. The highest BCUT2D eigenvalue weighted by molar-refractivity contribution is 5.34. The number of aryl methyl sites for hydroxylation is 2. The normalized spacial score (nSPS) is 17.4. The second-order valence-electron chi connectivity index (χ2n) is 5.28. The molecule has 2 aromatic rings. The maximum atomic E-state index is 4.64. The van der Waals surface area contributed by atoms with Gasteiger partial charge < -0.3 is 0 Å². The molecule has 0 bridgehead atoms. The molecule has 0 radical (unpaired) electrons. The first kappa shape index (κ1) is 11.7. The van der Waals surface area contributed by atoms with Crippen molar-refractivity contribution in [3.63, 3.8) is 0 Å². The van der Waals surface area contributed by atoms with Crippen LogP contribution in [0.5, 0.6) is 0 Å². The molecule has 0 atom stereocenters. The molecule has 0 aliphatic carbocycles. The fraction of sp³-hybridized carbons (Fsp3) is 0.571. The van der Waals surface area contributed by atoms with E-state index < -0.39 is 0 Å². The second-order valence-corrected chi connectivity index (χ2v) is 5.28. The Morgan fingerprint density at radius 1 is 1.11 bits per heavy atom. The largest absolute Gasteiger partial charge is 0.297 e. The third-order valence-corrected chi connectivity index (χ3v) is 3.65. The van der Waals surface area contributed by atoms with Crippen LogP contribution in [0.2, 0.25) is 0 Å². The number of piperidine rings is 1. The van der Waals surface area contributed by atoms with Crippen LogP contribution in [-0.2, 0) is 6.54 Å². The van der Waals surface area contributed by atoms with Gasteiger partial charge in [0.25, 0.3) is 0 Å². The van der Waals surface area contributed by atoms with Crippen LogP contribution in [0.15, 0.2) is 12.3 Å². The maximum Gasteiger partial charge on any atom is 0.234 e. The van der Waals surface area contributed by atoms with Gasteiger partial charge in [-0.25, -0.2) is 9.97 Å². The van der Waals surface area contributed by atoms with Crippen molar-refractivity contribution < 1.29 is 0 Å². The summed E-state index contributed by atoms with van der Waals surface area (Å²) in [7, 11) is 0. The average Bonchev–Trinajstić information content (AvgIpc) is 2.73. The molecule has 4 heteroatoms. The van der Waals surface area contributed by atoms with E-state index in [2.05, 4.69) is 38.5 Å². The Morgan fingerprint density at radius 3 is 2.67 bits per heavy atom. The summed E-state index contributed by atoms with van der Waals surface area (Å²) < 4.78 is 2.09. The number of rotatable bonds is 2. The molecule has 0 spiro atoms. The highest BCUT2D eigenvalue weighted by atomic mass is 15.2. The van der Waals surface area contributed by atoms with Crippen molar-refractivity contribution in [2.45, 2.75) is 39.7 Å². The lowest BCUT2D eigenvalue weighted by molar-refractivity contribution is 0.219. The number of likely N-dealkylation sites (tertiary alicyclic amines) is 1. The topological polar surface area (TPSA) is 33.4 Å². The Labute approximate surface area is 108 Å². The first-order valence-corrected chi connectivity index (χ1v) is 6.77. The van der Waals surface area contributed by atoms with Crippen molar-refractivity contribution >= 4 is 5.78 Å². The van der Waals surface area contributed by atoms with Crippen molar-refractivity contribution in [2.24, 2.45) is 0 Å². The highest BCUT2D eigenvalue weighted by Crippen LogP contribution is 2.14. The molecule has 18 heavy (non-hydrogen) atoms. The van der Waals surface area contributed by atoms with Crippen molar-refractivity contribution in [3.05, 3.63) is 29.3 Å². The van der Waals surface area contributed by atoms with Gasteiger partial charge in [-0.05, 0) is 45.8 Å². The second kappa shape index (κ2) is 4.69. The van der Waals surface area contributed by atoms with Crippen LogP contribution in [0.1, 0.15) is 36.3 Å². The number of imidazole rings is 1. The molecule has 1 saturated heterocycles. The van der Waals surface area contributed by atoms with E-state index in [9.17, 15) is 0 Å². The molecule has 2 aromatic heterocycles. The van der Waals surface area contributed by atoms with Gasteiger partial charge in [0.05, 0.1) is 5.69 Å². The number of fused-ring (bicyclic) bond motifs is 1. The molecular formula is C14H20N4. The minimum absolute atomic E-state index is 0.833. The van der Waals surface area contributed by atoms with Gasteiger partial charge in [-0.15, -0.1) is 0 Å². The zero-order valence-corrected chi connectivity index (χ0v) is 11.2. The molecule has 96 valence electrons. The zero-order chi connectivity index (χ0) is 12.5. The fourth-order valence-electron chi connectivity index (χ4n) is 2.74. The molecule has 0 N–H and O–H groups in total. The molecule has 1 fully saturated rings. The maximum absolute atomic E-state index is 4.64. The number of hydrogen-bond donors (Lipinski definition) is 0. The standard InChI is InChI=1S/C14H20N4/c1-11-8-12(2)18-10-13(16-14(18)15-11)9-17-6-4-3-5-7-17/h8,10H,3-7,9H2,1-2H3. The molecule has 0 amide bonds. The first-order valence-electron chi connectivity index (χ1n) is 6.77. The van der Waals surface area contributed by atoms with Gasteiger partial charge in [-0.2, -0.15) is 0 Å². The smallest absolute Gasteiger partial charge is 0.234 e. The lowest BCUT2D eigenvalue weighted by atomic mass is 10.1. The number of nitrogens with zero attached hydrogens (tertiary/aromatic N) is 4. The summed E-state index contributed by atoms with van der Waals surface area (Å²) in [4.78, 5) is 11.6. The van der Waals surface area contributed by atoms with Gasteiger partial charge in [0.15, 0.2) is 0 Å². The molecule has 1 aliphatic heterocycles. The van der Waals surface area contributed by atoms with Crippen molar-refractivity contribution in [2.75, 3.05) is 13.1 Å². The van der Waals surface area contributed by atoms with Crippen LogP contribution in [0.3, 0.4) is 0 Å². The van der Waals surface area contributed by atoms with Crippen LogP contribution in [0.25, 0.3) is 5.78 Å². The quantitative estimate of drug-likeness (QED) is 0.813. The summed E-state index contributed by atoms with van der Waals surface area (Å²) >= 11 is 0. The Balaban J connectivity index is 1.86. The van der Waals surface area contributed by atoms with E-state index in [1.165, 1.54) is 38.0 Å². The summed E-state index contributed by atoms with van der Waals surface area (Å²) in [5, 5.41) is 0. The Bertz CT molecular complexity index is 552. The Morgan fingerprint density at radius 2 is 1.89 bits per heavy atom. The Hall–Kier alpha value is -1.42. The first-order chi connectivity index (χ1) is 8.72. The fourth-order valence-corrected chi connectivity index (χ4v) is 2.74. The predicted molar refractivity (Wildman–Crippen MR) is 71.6 cm³/mol. The third-order valence-electron chi connectivity index (χ3n) is 3.65. The summed E-state index contributed by atoms with van der Waals surface area (Å²) in [5.41, 5.74) is 3.38. The van der Waals surface area contributed by atoms with Crippen LogP contribution in [0.4, 0.5) is 0 Å². The van der Waals surface area contributed by atoms with E-state index >= 15 is 0 Å². The molecule has 3 heterocycles. The molecule has 0 saturated carbocycles. The molecular weight excluding hydrogens is 224 g/mol. The predicted octanol–water partition coefficient (Wildman–Crippen LogP) is 2.33. The van der Waals surface area contributed by atoms with E-state index in [4.69, 9.17) is 0 Å². The minimum Gasteiger partial charge on any atom is -0.297 e. The van der Waals surface area contributed by atoms with Gasteiger partial charge >= 0.3 is 0 Å². The van der Waals surface area contributed by atoms with Gasteiger partial charge in [-0.1, -0.05) is 6.42 Å². The van der Waals surface area contributed by atoms with Gasteiger partial charge in [0.2, 0.25) is 5.78 Å². The summed E-state index contributed by atoms with van der Waals surface area (Å²) in [6.07, 6.45) is 6.15. The summed E-state index contributed by atoms with van der Waals surface area (Å²) in [6, 6.07) is 2.10.